The van der Waals surface area contributed by atoms with Crippen molar-refractivity contribution in [1.29, 1.82) is 0 Å². The Bertz CT molecular complexity index is 742. The molecule has 6 heteroatoms. The number of hydrogen-bond donors (Lipinski definition) is 0. The van der Waals surface area contributed by atoms with Crippen LogP contribution in [-0.2, 0) is 0 Å². The lowest BCUT2D eigenvalue weighted by molar-refractivity contribution is -0.0512. The molecule has 0 atom stereocenters. The summed E-state index contributed by atoms with van der Waals surface area (Å²) < 4.78 is 39.1. The Morgan fingerprint density at radius 3 is 2.38 bits per heavy atom. The lowest BCUT2D eigenvalue weighted by Gasteiger charge is -2.10. The Kier molecular flexibility index (Phi) is 5.89. The van der Waals surface area contributed by atoms with Crippen molar-refractivity contribution >= 4 is 11.9 Å². The van der Waals surface area contributed by atoms with Gasteiger partial charge in [0, 0.05) is 0 Å². The number of carbonyl (C=O) groups is 1. The lowest BCUT2D eigenvalue weighted by atomic mass is 10.1. The predicted octanol–water partition coefficient (Wildman–Crippen LogP) is 4.20. The van der Waals surface area contributed by atoms with Gasteiger partial charge in [0.25, 0.3) is 0 Å². The van der Waals surface area contributed by atoms with Gasteiger partial charge in [0.05, 0.1) is 19.8 Å². The Morgan fingerprint density at radius 1 is 1.00 bits per heavy atom. The van der Waals surface area contributed by atoms with Gasteiger partial charge in [0.1, 0.15) is 5.75 Å². The minimum atomic E-state index is -2.94. The molecule has 0 aliphatic rings. The average molecular weight is 334 g/mol. The molecule has 0 saturated carbocycles. The lowest BCUT2D eigenvalue weighted by Crippen LogP contribution is -2.03. The zero-order valence-corrected chi connectivity index (χ0v) is 13.2. The van der Waals surface area contributed by atoms with E-state index in [9.17, 15) is 13.6 Å². The highest BCUT2D eigenvalue weighted by Gasteiger charge is 2.11. The van der Waals surface area contributed by atoms with E-state index < -0.39 is 6.61 Å². The van der Waals surface area contributed by atoms with Crippen molar-refractivity contribution in [3.05, 3.63) is 59.7 Å². The van der Waals surface area contributed by atoms with Crippen LogP contribution in [0.4, 0.5) is 8.78 Å². The number of benzene rings is 2. The van der Waals surface area contributed by atoms with E-state index in [1.165, 1.54) is 32.4 Å². The highest BCUT2D eigenvalue weighted by atomic mass is 19.3. The van der Waals surface area contributed by atoms with E-state index in [4.69, 9.17) is 9.47 Å². The molecule has 24 heavy (non-hydrogen) atoms. The summed E-state index contributed by atoms with van der Waals surface area (Å²) in [7, 11) is 2.84. The van der Waals surface area contributed by atoms with Crippen molar-refractivity contribution < 1.29 is 27.8 Å². The molecule has 2 aromatic rings. The Balaban J connectivity index is 2.21. The van der Waals surface area contributed by atoms with Crippen LogP contribution in [0.5, 0.6) is 17.2 Å². The molecule has 126 valence electrons. The molecule has 0 aromatic heterocycles. The van der Waals surface area contributed by atoms with Crippen molar-refractivity contribution in [2.24, 2.45) is 0 Å². The summed E-state index contributed by atoms with van der Waals surface area (Å²) in [6.07, 6.45) is 2.93. The SMILES string of the molecule is COc1cc(/C=C/C(=O)c2ccccc2OC)ccc1OC(F)F. The van der Waals surface area contributed by atoms with Crippen molar-refractivity contribution in [1.82, 2.24) is 0 Å². The third-order valence-corrected chi connectivity index (χ3v) is 3.20. The van der Waals surface area contributed by atoms with Crippen LogP contribution in [-0.4, -0.2) is 26.6 Å². The average Bonchev–Trinajstić information content (AvgIpc) is 2.60. The van der Waals surface area contributed by atoms with Crippen LogP contribution in [0.2, 0.25) is 0 Å². The van der Waals surface area contributed by atoms with Crippen molar-refractivity contribution in [2.75, 3.05) is 14.2 Å². The van der Waals surface area contributed by atoms with Crippen LogP contribution in [0.25, 0.3) is 6.08 Å². The first-order valence-corrected chi connectivity index (χ1v) is 7.03. The molecule has 4 nitrogen and oxygen atoms in total. The number of rotatable bonds is 7. The molecule has 0 amide bonds. The summed E-state index contributed by atoms with van der Waals surface area (Å²) in [5.74, 6) is 0.327. The van der Waals surface area contributed by atoms with E-state index in [1.54, 1.807) is 36.4 Å². The maximum absolute atomic E-state index is 12.3. The number of methoxy groups -OCH3 is 2. The Morgan fingerprint density at radius 2 is 1.71 bits per heavy atom. The van der Waals surface area contributed by atoms with Gasteiger partial charge in [-0.25, -0.2) is 0 Å². The number of alkyl halides is 2. The molecule has 0 aliphatic carbocycles. The summed E-state index contributed by atoms with van der Waals surface area (Å²) in [6, 6.07) is 11.3. The molecule has 0 spiro atoms. The zero-order valence-electron chi connectivity index (χ0n) is 13.2. The van der Waals surface area contributed by atoms with Gasteiger partial charge < -0.3 is 14.2 Å². The van der Waals surface area contributed by atoms with Gasteiger partial charge in [-0.05, 0) is 35.9 Å². The van der Waals surface area contributed by atoms with E-state index in [1.807, 2.05) is 0 Å². The normalized spacial score (nSPS) is 10.9. The number of hydrogen-bond acceptors (Lipinski definition) is 4. The smallest absolute Gasteiger partial charge is 0.387 e. The maximum Gasteiger partial charge on any atom is 0.387 e. The van der Waals surface area contributed by atoms with Crippen LogP contribution in [0.1, 0.15) is 15.9 Å². The van der Waals surface area contributed by atoms with Gasteiger partial charge >= 0.3 is 6.61 Å². The van der Waals surface area contributed by atoms with Gasteiger partial charge in [-0.2, -0.15) is 8.78 Å². The largest absolute Gasteiger partial charge is 0.496 e. The first-order chi connectivity index (χ1) is 11.5. The number of halogens is 2. The highest BCUT2D eigenvalue weighted by Crippen LogP contribution is 2.30. The number of allylic oxidation sites excluding steroid dienone is 1. The van der Waals surface area contributed by atoms with E-state index in [0.717, 1.165) is 0 Å². The van der Waals surface area contributed by atoms with Gasteiger partial charge in [-0.15, -0.1) is 0 Å². The number of carbonyl (C=O) groups excluding carboxylic acids is 1. The fourth-order valence-electron chi connectivity index (χ4n) is 2.09. The second-order valence-corrected chi connectivity index (χ2v) is 4.69. The van der Waals surface area contributed by atoms with Crippen LogP contribution in [0.3, 0.4) is 0 Å². The van der Waals surface area contributed by atoms with Gasteiger partial charge in [-0.3, -0.25) is 4.79 Å². The molecule has 0 aliphatic heterocycles. The number of ketones is 1. The minimum Gasteiger partial charge on any atom is -0.496 e. The fourth-order valence-corrected chi connectivity index (χ4v) is 2.09. The molecule has 0 heterocycles. The van der Waals surface area contributed by atoms with E-state index in [0.29, 0.717) is 16.9 Å². The number of para-hydroxylation sites is 1. The maximum atomic E-state index is 12.3. The van der Waals surface area contributed by atoms with Crippen LogP contribution < -0.4 is 14.2 Å². The van der Waals surface area contributed by atoms with Gasteiger partial charge in [-0.1, -0.05) is 24.3 Å². The first kappa shape index (κ1) is 17.5. The van der Waals surface area contributed by atoms with Gasteiger partial charge in [0.15, 0.2) is 17.3 Å². The van der Waals surface area contributed by atoms with Gasteiger partial charge in [0.2, 0.25) is 0 Å². The molecular weight excluding hydrogens is 318 g/mol. The van der Waals surface area contributed by atoms with Crippen LogP contribution >= 0.6 is 0 Å². The standard InChI is InChI=1S/C18H16F2O4/c1-22-15-6-4-3-5-13(15)14(21)9-7-12-8-10-16(24-18(19)20)17(11-12)23-2/h3-11,18H,1-2H3/b9-7+. The van der Waals surface area contributed by atoms with E-state index >= 15 is 0 Å². The minimum absolute atomic E-state index is 0.0688. The summed E-state index contributed by atoms with van der Waals surface area (Å²) in [5, 5.41) is 0. The third-order valence-electron chi connectivity index (χ3n) is 3.20. The molecule has 0 bridgehead atoms. The van der Waals surface area contributed by atoms with Crippen LogP contribution in [0.15, 0.2) is 48.5 Å². The summed E-state index contributed by atoms with van der Waals surface area (Å²) >= 11 is 0. The second-order valence-electron chi connectivity index (χ2n) is 4.69. The molecule has 2 aromatic carbocycles. The molecule has 0 unspecified atom stereocenters. The third kappa shape index (κ3) is 4.32. The number of ether oxygens (including phenoxy) is 3. The molecule has 0 saturated heterocycles. The second kappa shape index (κ2) is 8.10. The highest BCUT2D eigenvalue weighted by molar-refractivity contribution is 6.08. The monoisotopic (exact) mass is 334 g/mol. The topological polar surface area (TPSA) is 44.8 Å². The molecule has 0 fully saturated rings. The fraction of sp³-hybridized carbons (Fsp3) is 0.167. The molecule has 0 N–H and O–H groups in total. The summed E-state index contributed by atoms with van der Waals surface area (Å²) in [5.41, 5.74) is 1.04. The zero-order chi connectivity index (χ0) is 17.5. The summed E-state index contributed by atoms with van der Waals surface area (Å²) in [6.45, 7) is -2.94. The molecule has 2 rings (SSSR count). The quantitative estimate of drug-likeness (QED) is 0.562. The van der Waals surface area contributed by atoms with Crippen LogP contribution in [0, 0.1) is 0 Å². The van der Waals surface area contributed by atoms with E-state index in [2.05, 4.69) is 4.74 Å². The predicted molar refractivity (Wildman–Crippen MR) is 86.0 cm³/mol. The first-order valence-electron chi connectivity index (χ1n) is 7.03. The van der Waals surface area contributed by atoms with Crippen molar-refractivity contribution in [3.63, 3.8) is 0 Å². The molecular formula is C18H16F2O4. The molecule has 0 radical (unpaired) electrons. The van der Waals surface area contributed by atoms with Crippen molar-refractivity contribution in [2.45, 2.75) is 6.61 Å². The Labute approximate surface area is 138 Å². The summed E-state index contributed by atoms with van der Waals surface area (Å²) in [4.78, 5) is 12.2. The Hall–Kier alpha value is -2.89. The van der Waals surface area contributed by atoms with Crippen molar-refractivity contribution in [3.8, 4) is 17.2 Å². The van der Waals surface area contributed by atoms with E-state index in [-0.39, 0.29) is 17.3 Å².